The molecule has 1 atom stereocenters. The molecule has 1 fully saturated rings. The summed E-state index contributed by atoms with van der Waals surface area (Å²) in [4.78, 5) is 2.26. The van der Waals surface area contributed by atoms with Crippen molar-refractivity contribution in [1.29, 1.82) is 5.26 Å². The predicted octanol–water partition coefficient (Wildman–Crippen LogP) is 3.42. The smallest absolute Gasteiger partial charge is 0.123 e. The van der Waals surface area contributed by atoms with Crippen LogP contribution in [0.2, 0.25) is 0 Å². The second-order valence-corrected chi connectivity index (χ2v) is 5.14. The van der Waals surface area contributed by atoms with Gasteiger partial charge in [-0.25, -0.2) is 0 Å². The summed E-state index contributed by atoms with van der Waals surface area (Å²) in [5, 5.41) is 9.29. The number of aryl methyl sites for hydroxylation is 1. The standard InChI is InChI=1S/C13H15BrN2/c1-10-4-5-11(8-12(10)14)13(9-15)16-6-2-3-7-16/h4-5,8,13H,2-3,6-7H2,1H3. The van der Waals surface area contributed by atoms with Crippen molar-refractivity contribution in [1.82, 2.24) is 4.90 Å². The summed E-state index contributed by atoms with van der Waals surface area (Å²) in [6.45, 7) is 4.15. The molecule has 2 rings (SSSR count). The van der Waals surface area contributed by atoms with Gasteiger partial charge < -0.3 is 0 Å². The van der Waals surface area contributed by atoms with E-state index in [-0.39, 0.29) is 6.04 Å². The minimum Gasteiger partial charge on any atom is -0.284 e. The lowest BCUT2D eigenvalue weighted by molar-refractivity contribution is 0.294. The molecule has 1 heterocycles. The molecule has 1 aliphatic rings. The first-order valence-corrected chi connectivity index (χ1v) is 6.41. The maximum absolute atomic E-state index is 9.29. The highest BCUT2D eigenvalue weighted by molar-refractivity contribution is 9.10. The molecule has 1 aromatic rings. The molecule has 1 unspecified atom stereocenters. The van der Waals surface area contributed by atoms with Gasteiger partial charge in [-0.15, -0.1) is 0 Å². The van der Waals surface area contributed by atoms with Gasteiger partial charge >= 0.3 is 0 Å². The van der Waals surface area contributed by atoms with Crippen LogP contribution in [0.3, 0.4) is 0 Å². The molecule has 0 saturated carbocycles. The first-order valence-electron chi connectivity index (χ1n) is 5.62. The summed E-state index contributed by atoms with van der Waals surface area (Å²) in [6.07, 6.45) is 2.43. The Morgan fingerprint density at radius 3 is 2.62 bits per heavy atom. The van der Waals surface area contributed by atoms with Crippen molar-refractivity contribution in [3.8, 4) is 6.07 Å². The Morgan fingerprint density at radius 1 is 1.38 bits per heavy atom. The van der Waals surface area contributed by atoms with Crippen LogP contribution < -0.4 is 0 Å². The lowest BCUT2D eigenvalue weighted by Gasteiger charge is -2.21. The van der Waals surface area contributed by atoms with Crippen LogP contribution in [-0.4, -0.2) is 18.0 Å². The predicted molar refractivity (Wildman–Crippen MR) is 68.0 cm³/mol. The van der Waals surface area contributed by atoms with Gasteiger partial charge in [-0.05, 0) is 50.0 Å². The SMILES string of the molecule is Cc1ccc(C(C#N)N2CCCC2)cc1Br. The second-order valence-electron chi connectivity index (χ2n) is 4.28. The monoisotopic (exact) mass is 278 g/mol. The number of rotatable bonds is 2. The van der Waals surface area contributed by atoms with Crippen LogP contribution in [0.4, 0.5) is 0 Å². The van der Waals surface area contributed by atoms with Crippen LogP contribution in [0.25, 0.3) is 0 Å². The van der Waals surface area contributed by atoms with E-state index in [0.29, 0.717) is 0 Å². The molecule has 16 heavy (non-hydrogen) atoms. The number of halogens is 1. The van der Waals surface area contributed by atoms with E-state index in [4.69, 9.17) is 0 Å². The lowest BCUT2D eigenvalue weighted by Crippen LogP contribution is -2.24. The van der Waals surface area contributed by atoms with Gasteiger partial charge in [0, 0.05) is 4.47 Å². The first-order chi connectivity index (χ1) is 7.72. The highest BCUT2D eigenvalue weighted by atomic mass is 79.9. The molecule has 1 saturated heterocycles. The summed E-state index contributed by atoms with van der Waals surface area (Å²) >= 11 is 3.52. The fraction of sp³-hybridized carbons (Fsp3) is 0.462. The summed E-state index contributed by atoms with van der Waals surface area (Å²) in [5.41, 5.74) is 2.31. The van der Waals surface area contributed by atoms with Crippen LogP contribution in [0.15, 0.2) is 22.7 Å². The summed E-state index contributed by atoms with van der Waals surface area (Å²) in [7, 11) is 0. The average molecular weight is 279 g/mol. The van der Waals surface area contributed by atoms with Gasteiger partial charge in [0.25, 0.3) is 0 Å². The molecule has 1 aliphatic heterocycles. The van der Waals surface area contributed by atoms with E-state index in [1.54, 1.807) is 0 Å². The van der Waals surface area contributed by atoms with Crippen molar-refractivity contribution in [2.45, 2.75) is 25.8 Å². The minimum atomic E-state index is -0.0839. The number of hydrogen-bond donors (Lipinski definition) is 0. The van der Waals surface area contributed by atoms with E-state index in [2.05, 4.69) is 52.0 Å². The van der Waals surface area contributed by atoms with Gasteiger partial charge in [-0.3, -0.25) is 4.90 Å². The molecular formula is C13H15BrN2. The number of nitrogens with zero attached hydrogens (tertiary/aromatic N) is 2. The number of hydrogen-bond acceptors (Lipinski definition) is 2. The van der Waals surface area contributed by atoms with Crippen molar-refractivity contribution in [3.05, 3.63) is 33.8 Å². The van der Waals surface area contributed by atoms with Gasteiger partial charge in [0.2, 0.25) is 0 Å². The van der Waals surface area contributed by atoms with E-state index in [0.717, 1.165) is 23.1 Å². The van der Waals surface area contributed by atoms with Crippen molar-refractivity contribution >= 4 is 15.9 Å². The molecule has 0 aromatic heterocycles. The second kappa shape index (κ2) is 4.99. The molecule has 0 spiro atoms. The summed E-state index contributed by atoms with van der Waals surface area (Å²) < 4.78 is 1.09. The number of benzene rings is 1. The van der Waals surface area contributed by atoms with Gasteiger partial charge in [0.05, 0.1) is 6.07 Å². The normalized spacial score (nSPS) is 18.3. The third-order valence-electron chi connectivity index (χ3n) is 3.14. The fourth-order valence-corrected chi connectivity index (χ4v) is 2.54. The Hall–Kier alpha value is -0.850. The third kappa shape index (κ3) is 2.28. The molecule has 84 valence electrons. The Labute approximate surface area is 105 Å². The van der Waals surface area contributed by atoms with E-state index in [9.17, 15) is 5.26 Å². The molecule has 1 aromatic carbocycles. The number of likely N-dealkylation sites (tertiary alicyclic amines) is 1. The van der Waals surface area contributed by atoms with Gasteiger partial charge in [0.1, 0.15) is 6.04 Å². The number of nitriles is 1. The maximum Gasteiger partial charge on any atom is 0.123 e. The molecular weight excluding hydrogens is 264 g/mol. The fourth-order valence-electron chi connectivity index (χ4n) is 2.15. The molecule has 0 bridgehead atoms. The zero-order valence-electron chi connectivity index (χ0n) is 9.41. The minimum absolute atomic E-state index is 0.0839. The van der Waals surface area contributed by atoms with Gasteiger partial charge in [-0.1, -0.05) is 28.1 Å². The quantitative estimate of drug-likeness (QED) is 0.829. The van der Waals surface area contributed by atoms with Crippen molar-refractivity contribution in [2.24, 2.45) is 0 Å². The molecule has 0 N–H and O–H groups in total. The van der Waals surface area contributed by atoms with Crippen molar-refractivity contribution in [2.75, 3.05) is 13.1 Å². The lowest BCUT2D eigenvalue weighted by atomic mass is 10.1. The largest absolute Gasteiger partial charge is 0.284 e. The van der Waals surface area contributed by atoms with Crippen LogP contribution >= 0.6 is 15.9 Å². The Kier molecular flexibility index (Phi) is 3.63. The van der Waals surface area contributed by atoms with Crippen molar-refractivity contribution < 1.29 is 0 Å². The zero-order valence-corrected chi connectivity index (χ0v) is 11.0. The molecule has 0 amide bonds. The zero-order chi connectivity index (χ0) is 11.5. The summed E-state index contributed by atoms with van der Waals surface area (Å²) in [5.74, 6) is 0. The van der Waals surface area contributed by atoms with Crippen LogP contribution in [-0.2, 0) is 0 Å². The van der Waals surface area contributed by atoms with E-state index >= 15 is 0 Å². The summed E-state index contributed by atoms with van der Waals surface area (Å²) in [6, 6.07) is 8.53. The maximum atomic E-state index is 9.29. The highest BCUT2D eigenvalue weighted by Crippen LogP contribution is 2.27. The average Bonchev–Trinajstić information content (AvgIpc) is 2.78. The van der Waals surface area contributed by atoms with Crippen LogP contribution in [0, 0.1) is 18.3 Å². The van der Waals surface area contributed by atoms with Crippen molar-refractivity contribution in [3.63, 3.8) is 0 Å². The van der Waals surface area contributed by atoms with E-state index in [1.807, 2.05) is 0 Å². The molecule has 0 radical (unpaired) electrons. The van der Waals surface area contributed by atoms with Crippen LogP contribution in [0.1, 0.15) is 30.0 Å². The topological polar surface area (TPSA) is 27.0 Å². The van der Waals surface area contributed by atoms with Gasteiger partial charge in [0.15, 0.2) is 0 Å². The van der Waals surface area contributed by atoms with E-state index < -0.39 is 0 Å². The van der Waals surface area contributed by atoms with E-state index in [1.165, 1.54) is 18.4 Å². The Bertz CT molecular complexity index is 416. The van der Waals surface area contributed by atoms with Crippen LogP contribution in [0.5, 0.6) is 0 Å². The molecule has 0 aliphatic carbocycles. The van der Waals surface area contributed by atoms with Gasteiger partial charge in [-0.2, -0.15) is 5.26 Å². The highest BCUT2D eigenvalue weighted by Gasteiger charge is 2.23. The molecule has 2 nitrogen and oxygen atoms in total. The third-order valence-corrected chi connectivity index (χ3v) is 3.99. The molecule has 3 heteroatoms. The Morgan fingerprint density at radius 2 is 2.06 bits per heavy atom. The Balaban J connectivity index is 2.26. The first kappa shape index (κ1) is 11.6.